The molecule has 0 aliphatic carbocycles. The van der Waals surface area contributed by atoms with E-state index in [9.17, 15) is 14.7 Å². The molecule has 0 saturated heterocycles. The number of rotatable bonds is 5. The number of H-pyrrole nitrogens is 1. The van der Waals surface area contributed by atoms with Gasteiger partial charge in [-0.15, -0.1) is 0 Å². The standard InChI is InChI=1S/C19H18N2O4/c1-11-7-8-16(25-2)15(9-11)20-17(22)10-13-12-5-3-4-6-14(12)21-18(13)19(23)24/h3-9,21H,10H2,1-2H3,(H,20,22)(H,23,24). The number of hydrogen-bond donors (Lipinski definition) is 3. The second-order valence-electron chi connectivity index (χ2n) is 5.76. The molecule has 3 rings (SSSR count). The smallest absolute Gasteiger partial charge is 0.352 e. The van der Waals surface area contributed by atoms with Gasteiger partial charge in [-0.2, -0.15) is 0 Å². The van der Waals surface area contributed by atoms with E-state index in [1.54, 1.807) is 18.2 Å². The number of aryl methyl sites for hydroxylation is 1. The fourth-order valence-electron chi connectivity index (χ4n) is 2.84. The fourth-order valence-corrected chi connectivity index (χ4v) is 2.84. The quantitative estimate of drug-likeness (QED) is 0.665. The number of para-hydroxylation sites is 1. The van der Waals surface area contributed by atoms with Crippen LogP contribution >= 0.6 is 0 Å². The van der Waals surface area contributed by atoms with Crippen molar-refractivity contribution in [2.75, 3.05) is 12.4 Å². The van der Waals surface area contributed by atoms with Crippen LogP contribution in [0.15, 0.2) is 42.5 Å². The molecule has 0 aliphatic rings. The summed E-state index contributed by atoms with van der Waals surface area (Å²) in [6.45, 7) is 1.91. The number of carbonyl (C=O) groups is 2. The molecular formula is C19H18N2O4. The topological polar surface area (TPSA) is 91.4 Å². The maximum absolute atomic E-state index is 12.5. The predicted octanol–water partition coefficient (Wildman–Crippen LogP) is 3.36. The van der Waals surface area contributed by atoms with E-state index in [1.165, 1.54) is 7.11 Å². The van der Waals surface area contributed by atoms with Crippen LogP contribution in [-0.4, -0.2) is 29.1 Å². The summed E-state index contributed by atoms with van der Waals surface area (Å²) >= 11 is 0. The zero-order chi connectivity index (χ0) is 18.0. The number of anilines is 1. The lowest BCUT2D eigenvalue weighted by atomic mass is 10.1. The van der Waals surface area contributed by atoms with Crippen LogP contribution in [0, 0.1) is 6.92 Å². The molecule has 25 heavy (non-hydrogen) atoms. The number of carboxylic acids is 1. The number of aromatic amines is 1. The van der Waals surface area contributed by atoms with Gasteiger partial charge in [-0.3, -0.25) is 4.79 Å². The summed E-state index contributed by atoms with van der Waals surface area (Å²) in [5, 5.41) is 12.9. The van der Waals surface area contributed by atoms with Crippen molar-refractivity contribution in [3.8, 4) is 5.75 Å². The molecule has 6 nitrogen and oxygen atoms in total. The summed E-state index contributed by atoms with van der Waals surface area (Å²) < 4.78 is 5.25. The van der Waals surface area contributed by atoms with E-state index in [2.05, 4.69) is 10.3 Å². The molecule has 3 aromatic rings. The molecule has 3 N–H and O–H groups in total. The first kappa shape index (κ1) is 16.6. The van der Waals surface area contributed by atoms with Crippen molar-refractivity contribution in [3.63, 3.8) is 0 Å². The zero-order valence-electron chi connectivity index (χ0n) is 13.9. The average molecular weight is 338 g/mol. The lowest BCUT2D eigenvalue weighted by Gasteiger charge is -2.11. The number of methoxy groups -OCH3 is 1. The Morgan fingerprint density at radius 3 is 2.68 bits per heavy atom. The van der Waals surface area contributed by atoms with Gasteiger partial charge in [0.2, 0.25) is 5.91 Å². The summed E-state index contributed by atoms with van der Waals surface area (Å²) in [6.07, 6.45) is -0.0528. The van der Waals surface area contributed by atoms with Crippen molar-refractivity contribution in [2.24, 2.45) is 0 Å². The van der Waals surface area contributed by atoms with E-state index in [-0.39, 0.29) is 18.0 Å². The molecule has 0 spiro atoms. The molecule has 0 atom stereocenters. The summed E-state index contributed by atoms with van der Waals surface area (Å²) in [4.78, 5) is 26.9. The second kappa shape index (κ2) is 6.68. The number of aromatic carboxylic acids is 1. The Balaban J connectivity index is 1.91. The van der Waals surface area contributed by atoms with Crippen molar-refractivity contribution in [1.82, 2.24) is 4.98 Å². The highest BCUT2D eigenvalue weighted by molar-refractivity contribution is 6.02. The summed E-state index contributed by atoms with van der Waals surface area (Å²) in [7, 11) is 1.53. The van der Waals surface area contributed by atoms with E-state index >= 15 is 0 Å². The average Bonchev–Trinajstić information content (AvgIpc) is 2.94. The van der Waals surface area contributed by atoms with Crippen LogP contribution in [0.3, 0.4) is 0 Å². The van der Waals surface area contributed by atoms with Crippen LogP contribution in [-0.2, 0) is 11.2 Å². The number of nitrogens with one attached hydrogen (secondary N) is 2. The monoisotopic (exact) mass is 338 g/mol. The molecular weight excluding hydrogens is 320 g/mol. The minimum absolute atomic E-state index is 0.0348. The Hall–Kier alpha value is -3.28. The van der Waals surface area contributed by atoms with Crippen molar-refractivity contribution in [1.29, 1.82) is 0 Å². The largest absolute Gasteiger partial charge is 0.495 e. The van der Waals surface area contributed by atoms with Gasteiger partial charge in [0.1, 0.15) is 11.4 Å². The van der Waals surface area contributed by atoms with Gasteiger partial charge in [-0.1, -0.05) is 24.3 Å². The molecule has 0 aliphatic heterocycles. The summed E-state index contributed by atoms with van der Waals surface area (Å²) in [5.74, 6) is -0.848. The number of amides is 1. The van der Waals surface area contributed by atoms with E-state index < -0.39 is 5.97 Å². The van der Waals surface area contributed by atoms with Gasteiger partial charge in [0, 0.05) is 16.5 Å². The number of carbonyl (C=O) groups excluding carboxylic acids is 1. The third-order valence-corrected chi connectivity index (χ3v) is 3.99. The maximum atomic E-state index is 12.5. The number of aromatic nitrogens is 1. The SMILES string of the molecule is COc1ccc(C)cc1NC(=O)Cc1c(C(=O)O)[nH]c2ccccc12. The lowest BCUT2D eigenvalue weighted by Crippen LogP contribution is -2.16. The first-order valence-corrected chi connectivity index (χ1v) is 7.77. The van der Waals surface area contributed by atoms with E-state index in [0.29, 0.717) is 22.5 Å². The van der Waals surface area contributed by atoms with Gasteiger partial charge in [0.25, 0.3) is 0 Å². The minimum Gasteiger partial charge on any atom is -0.495 e. The molecule has 1 amide bonds. The molecule has 6 heteroatoms. The number of ether oxygens (including phenoxy) is 1. The third-order valence-electron chi connectivity index (χ3n) is 3.99. The summed E-state index contributed by atoms with van der Waals surface area (Å²) in [6, 6.07) is 12.7. The Labute approximate surface area is 144 Å². The van der Waals surface area contributed by atoms with E-state index in [1.807, 2.05) is 31.2 Å². The van der Waals surface area contributed by atoms with Crippen molar-refractivity contribution in [2.45, 2.75) is 13.3 Å². The second-order valence-corrected chi connectivity index (χ2v) is 5.76. The van der Waals surface area contributed by atoms with Crippen LogP contribution in [0.5, 0.6) is 5.75 Å². The molecule has 0 fully saturated rings. The Bertz CT molecular complexity index is 959. The molecule has 0 radical (unpaired) electrons. The molecule has 0 unspecified atom stereocenters. The van der Waals surface area contributed by atoms with Crippen LogP contribution in [0.4, 0.5) is 5.69 Å². The van der Waals surface area contributed by atoms with Gasteiger partial charge < -0.3 is 20.1 Å². The number of benzene rings is 2. The molecule has 1 aromatic heterocycles. The first-order valence-electron chi connectivity index (χ1n) is 7.77. The highest BCUT2D eigenvalue weighted by Crippen LogP contribution is 2.27. The summed E-state index contributed by atoms with van der Waals surface area (Å²) in [5.41, 5.74) is 2.73. The minimum atomic E-state index is -1.09. The normalized spacial score (nSPS) is 10.6. The predicted molar refractivity (Wildman–Crippen MR) is 95.3 cm³/mol. The third kappa shape index (κ3) is 3.33. The van der Waals surface area contributed by atoms with E-state index in [0.717, 1.165) is 10.9 Å². The van der Waals surface area contributed by atoms with Gasteiger partial charge in [-0.05, 0) is 30.7 Å². The van der Waals surface area contributed by atoms with Crippen LogP contribution in [0.1, 0.15) is 21.6 Å². The number of fused-ring (bicyclic) bond motifs is 1. The van der Waals surface area contributed by atoms with Gasteiger partial charge in [-0.25, -0.2) is 4.79 Å². The molecule has 0 bridgehead atoms. The van der Waals surface area contributed by atoms with Crippen molar-refractivity contribution in [3.05, 3.63) is 59.3 Å². The van der Waals surface area contributed by atoms with Gasteiger partial charge >= 0.3 is 5.97 Å². The fraction of sp³-hybridized carbons (Fsp3) is 0.158. The zero-order valence-corrected chi connectivity index (χ0v) is 13.9. The first-order chi connectivity index (χ1) is 12.0. The lowest BCUT2D eigenvalue weighted by molar-refractivity contribution is -0.115. The van der Waals surface area contributed by atoms with Crippen molar-refractivity contribution < 1.29 is 19.4 Å². The molecule has 128 valence electrons. The highest BCUT2D eigenvalue weighted by atomic mass is 16.5. The molecule has 2 aromatic carbocycles. The highest BCUT2D eigenvalue weighted by Gasteiger charge is 2.19. The molecule has 0 saturated carbocycles. The number of hydrogen-bond acceptors (Lipinski definition) is 3. The maximum Gasteiger partial charge on any atom is 0.352 e. The van der Waals surface area contributed by atoms with Crippen LogP contribution in [0.2, 0.25) is 0 Å². The Kier molecular flexibility index (Phi) is 4.43. The van der Waals surface area contributed by atoms with Gasteiger partial charge in [0.05, 0.1) is 19.2 Å². The van der Waals surface area contributed by atoms with Crippen LogP contribution < -0.4 is 10.1 Å². The Morgan fingerprint density at radius 1 is 1.20 bits per heavy atom. The van der Waals surface area contributed by atoms with E-state index in [4.69, 9.17) is 4.74 Å². The van der Waals surface area contributed by atoms with Crippen LogP contribution in [0.25, 0.3) is 10.9 Å². The Morgan fingerprint density at radius 2 is 1.96 bits per heavy atom. The van der Waals surface area contributed by atoms with Gasteiger partial charge in [0.15, 0.2) is 0 Å². The molecule has 1 heterocycles. The number of carboxylic acid groups (broad SMARTS) is 1. The van der Waals surface area contributed by atoms with Crippen molar-refractivity contribution >= 4 is 28.5 Å².